The molecule has 17 rings (SSSR count). The number of rotatable bonds is 7. The van der Waals surface area contributed by atoms with Crippen molar-refractivity contribution in [1.29, 1.82) is 0 Å². The number of aliphatic hydroxyl groups is 1. The van der Waals surface area contributed by atoms with Gasteiger partial charge in [-0.15, -0.1) is 0 Å². The van der Waals surface area contributed by atoms with Crippen LogP contribution < -0.4 is 4.74 Å². The second kappa shape index (κ2) is 31.4. The third kappa shape index (κ3) is 13.5. The molecule has 134 heavy (non-hydrogen) atoms. The van der Waals surface area contributed by atoms with Crippen LogP contribution in [0.2, 0.25) is 0 Å². The van der Waals surface area contributed by atoms with Crippen LogP contribution in [0.1, 0.15) is 115 Å². The smallest absolute Gasteiger partial charge is 0.344 e. The number of carbonyl (C=O) groups excluding carboxylic acids is 10. The predicted octanol–water partition coefficient (Wildman–Crippen LogP) is 3.38. The lowest BCUT2D eigenvalue weighted by Gasteiger charge is -2.44. The van der Waals surface area contributed by atoms with E-state index in [1.807, 2.05) is 0 Å². The Morgan fingerprint density at radius 2 is 0.590 bits per heavy atom. The molecule has 52 heteroatoms. The van der Waals surface area contributed by atoms with Gasteiger partial charge < -0.3 is 210 Å². The standard InChI is InChI=1S/C82H54O52/c83-22-1-13(2-23(84)44(22)92)72(113)126-32-11-123-74(115)20-10-31(52(100)59(107)39(20)38-16(5-26(87)49(97)57(38)105)75(116)128-66(32)69-68-62(110)43-42(81(122)130-68)41(60(108)63(111)61(43)109)40-19(78(119)131-69)8-29(90)50(98)58(40)106)125-65-21(9-30(91)51(99)64(65)112)80(121)134-82-71-70(132-77(118)17-6-27(88)47(95)55(103)36(17)37-18(79(120)133-71)7-28(89)48(96)56(37)104)67-33(127-82)12-124-73(114)14-3-24(85)45(93)53(101)34(14)35-15(76(117)129-67)4-25(86)46(94)54(35)102/h1-10,32-33,62,66-71,82-112H,11-12H2. The van der Waals surface area contributed by atoms with Crippen molar-refractivity contribution in [2.75, 3.05) is 13.2 Å². The van der Waals surface area contributed by atoms with Gasteiger partial charge in [0.25, 0.3) is 0 Å². The van der Waals surface area contributed by atoms with Crippen LogP contribution in [0.15, 0.2) is 60.7 Å². The summed E-state index contributed by atoms with van der Waals surface area (Å²) < 4.78 is 68.5. The van der Waals surface area contributed by atoms with E-state index in [0.717, 1.165) is 0 Å². The molecule has 0 aliphatic carbocycles. The summed E-state index contributed by atoms with van der Waals surface area (Å²) in [7, 11) is 0. The summed E-state index contributed by atoms with van der Waals surface area (Å²) in [6, 6.07) is 2.27. The Labute approximate surface area is 734 Å². The van der Waals surface area contributed by atoms with E-state index in [1.165, 1.54) is 0 Å². The number of ether oxygens (including phenoxy) is 12. The minimum absolute atomic E-state index is 0.0595. The molecule has 7 heterocycles. The van der Waals surface area contributed by atoms with Gasteiger partial charge in [0.2, 0.25) is 69.9 Å². The molecule has 0 amide bonds. The lowest BCUT2D eigenvalue weighted by molar-refractivity contribution is -0.282. The van der Waals surface area contributed by atoms with Gasteiger partial charge in [-0.25, -0.2) is 47.9 Å². The highest BCUT2D eigenvalue weighted by Crippen LogP contribution is 2.62. The number of carbonyl (C=O) groups is 10. The Hall–Kier alpha value is -19.2. The molecule has 52 nitrogen and oxygen atoms in total. The molecule has 10 atom stereocenters. The maximum absolute atomic E-state index is 15.6. The van der Waals surface area contributed by atoms with Crippen LogP contribution in [0.3, 0.4) is 0 Å². The minimum atomic E-state index is -3.15. The molecular formula is C82H54O52. The van der Waals surface area contributed by atoms with Crippen molar-refractivity contribution in [3.8, 4) is 223 Å². The third-order valence-corrected chi connectivity index (χ3v) is 21.8. The number of esters is 10. The highest BCUT2D eigenvalue weighted by molar-refractivity contribution is 6.14. The first kappa shape index (κ1) is 88.3. The highest BCUT2D eigenvalue weighted by Gasteiger charge is 2.59. The number of hydrogen-bond donors (Lipinski definition) is 30. The summed E-state index contributed by atoms with van der Waals surface area (Å²) in [5.41, 5.74) is -25.9. The summed E-state index contributed by atoms with van der Waals surface area (Å²) in [4.78, 5) is 151. The van der Waals surface area contributed by atoms with Crippen LogP contribution in [-0.2, 0) is 52.1 Å². The summed E-state index contributed by atoms with van der Waals surface area (Å²) in [5.74, 6) is -71.1. The SMILES string of the molecule is O=C(OC1COC(=O)c2cc(Oc3c(C(=O)OC4OC5COC(=O)c6cc(O)c(O)c(O)c6-c6c(cc(O)c(O)c6O)C(=O)OC5C5OC(=O)c6cc(O)c(O)c(O)c6-c6c(cc(O)c(O)c6O)C(=O)OC45)cc(O)c(O)c3O)c(O)c(O)c2-c2c(cc(O)c(O)c2O)C(=O)OC1C1OC(=O)c2cc(O)c(O)c(O)c2-c2c(O)c(O)c(O)c3c2C(=O)OC1C3O)c1cc(O)c(O)c(O)c1. The number of aromatic hydroxyl groups is 29. The lowest BCUT2D eigenvalue weighted by Crippen LogP contribution is -2.63. The number of aliphatic hydroxyl groups excluding tert-OH is 1. The second-order valence-electron chi connectivity index (χ2n) is 29.5. The van der Waals surface area contributed by atoms with Gasteiger partial charge >= 0.3 is 59.7 Å². The van der Waals surface area contributed by atoms with E-state index in [2.05, 4.69) is 0 Å². The quantitative estimate of drug-likeness (QED) is 0.0617. The van der Waals surface area contributed by atoms with Crippen molar-refractivity contribution in [3.63, 3.8) is 0 Å². The molecule has 1 saturated heterocycles. The van der Waals surface area contributed by atoms with E-state index in [4.69, 9.17) is 56.8 Å². The van der Waals surface area contributed by atoms with Gasteiger partial charge in [-0.1, -0.05) is 0 Å². The second-order valence-corrected chi connectivity index (χ2v) is 29.5. The van der Waals surface area contributed by atoms with Crippen molar-refractivity contribution < 1.29 is 258 Å². The number of phenolic OH excluding ortho intramolecular Hbond substituents is 29. The fourth-order valence-electron chi connectivity index (χ4n) is 15.5. The van der Waals surface area contributed by atoms with E-state index in [1.54, 1.807) is 0 Å². The first-order valence-electron chi connectivity index (χ1n) is 37.2. The number of fused-ring (bicyclic) bond motifs is 15. The van der Waals surface area contributed by atoms with Crippen LogP contribution in [0.25, 0.3) is 44.5 Å². The van der Waals surface area contributed by atoms with Gasteiger partial charge in [-0.3, -0.25) is 0 Å². The molecule has 1 fully saturated rings. The average Bonchev–Trinajstić information content (AvgIpc) is 0.839. The van der Waals surface area contributed by atoms with E-state index < -0.39 is 418 Å². The Kier molecular flexibility index (Phi) is 20.7. The molecule has 10 aromatic carbocycles. The summed E-state index contributed by atoms with van der Waals surface area (Å²) in [6.45, 7) is -3.51. The van der Waals surface area contributed by atoms with Gasteiger partial charge in [-0.2, -0.15) is 0 Å². The predicted molar refractivity (Wildman–Crippen MR) is 413 cm³/mol. The van der Waals surface area contributed by atoms with Crippen LogP contribution >= 0.6 is 0 Å². The van der Waals surface area contributed by atoms with Gasteiger partial charge in [0.15, 0.2) is 157 Å². The zero-order valence-corrected chi connectivity index (χ0v) is 65.4. The molecule has 694 valence electrons. The van der Waals surface area contributed by atoms with Gasteiger partial charge in [0, 0.05) is 62.2 Å². The fraction of sp³-hybridized carbons (Fsp3) is 0.146. The van der Waals surface area contributed by atoms with Crippen LogP contribution in [0, 0.1) is 0 Å². The number of phenols is 29. The van der Waals surface area contributed by atoms with Gasteiger partial charge in [-0.05, 0) is 48.5 Å². The van der Waals surface area contributed by atoms with E-state index in [9.17, 15) is 172 Å². The maximum atomic E-state index is 15.6. The lowest BCUT2D eigenvalue weighted by atomic mass is 9.82. The summed E-state index contributed by atoms with van der Waals surface area (Å²) in [5, 5.41) is 337. The van der Waals surface area contributed by atoms with Crippen molar-refractivity contribution in [1.82, 2.24) is 0 Å². The Bertz CT molecular complexity index is 7000. The van der Waals surface area contributed by atoms with E-state index in [0.29, 0.717) is 18.2 Å². The summed E-state index contributed by atoms with van der Waals surface area (Å²) in [6.07, 6.45) is -29.6. The molecule has 7 aliphatic rings. The molecule has 30 N–H and O–H groups in total. The zero-order chi connectivity index (χ0) is 97.4. The molecule has 4 bridgehead atoms. The molecule has 0 radical (unpaired) electrons. The van der Waals surface area contributed by atoms with Crippen LogP contribution in [-0.4, -0.2) is 281 Å². The zero-order valence-electron chi connectivity index (χ0n) is 65.4. The Morgan fingerprint density at radius 1 is 0.269 bits per heavy atom. The summed E-state index contributed by atoms with van der Waals surface area (Å²) >= 11 is 0. The number of hydrogen-bond acceptors (Lipinski definition) is 52. The normalized spacial score (nSPS) is 20.1. The number of benzene rings is 10. The van der Waals surface area contributed by atoms with E-state index in [-0.39, 0.29) is 42.5 Å². The van der Waals surface area contributed by atoms with E-state index >= 15 is 28.8 Å². The molecule has 7 aliphatic heterocycles. The largest absolute Gasteiger partial charge is 0.504 e. The average molecular weight is 1870 g/mol. The highest BCUT2D eigenvalue weighted by atomic mass is 16.8. The molecule has 0 spiro atoms. The Balaban J connectivity index is 0.840. The monoisotopic (exact) mass is 1870 g/mol. The molecule has 10 unspecified atom stereocenters. The Morgan fingerprint density at radius 3 is 1.01 bits per heavy atom. The molecule has 0 saturated carbocycles. The van der Waals surface area contributed by atoms with Gasteiger partial charge in [0.05, 0.1) is 50.1 Å². The van der Waals surface area contributed by atoms with Crippen molar-refractivity contribution in [3.05, 3.63) is 122 Å². The molecule has 0 aromatic heterocycles. The van der Waals surface area contributed by atoms with Crippen molar-refractivity contribution in [2.45, 2.75) is 61.2 Å². The number of cyclic esters (lactones) is 3. The first-order valence-corrected chi connectivity index (χ1v) is 37.2. The van der Waals surface area contributed by atoms with Crippen LogP contribution in [0.5, 0.6) is 178 Å². The first-order chi connectivity index (χ1) is 63.1. The third-order valence-electron chi connectivity index (χ3n) is 21.8. The fourth-order valence-corrected chi connectivity index (χ4v) is 15.5. The molecule has 10 aromatic rings. The maximum Gasteiger partial charge on any atom is 0.344 e. The van der Waals surface area contributed by atoms with Crippen molar-refractivity contribution in [2.24, 2.45) is 0 Å². The minimum Gasteiger partial charge on any atom is -0.504 e. The van der Waals surface area contributed by atoms with Gasteiger partial charge in [0.1, 0.15) is 31.0 Å². The topological polar surface area (TPSA) is 888 Å². The van der Waals surface area contributed by atoms with Crippen LogP contribution in [0.4, 0.5) is 0 Å². The molecular weight excluding hydrogens is 1820 g/mol. The van der Waals surface area contributed by atoms with Crippen molar-refractivity contribution >= 4 is 59.7 Å².